The van der Waals surface area contributed by atoms with E-state index in [1.165, 1.54) is 13.5 Å². The fraction of sp³-hybridized carbons (Fsp3) is 0.125. The molecule has 4 heteroatoms. The normalized spacial score (nSPS) is 9.42. The number of nitrogens with zero attached hydrogens (tertiary/aromatic N) is 1. The Morgan fingerprint density at radius 3 is 3.08 bits per heavy atom. The summed E-state index contributed by atoms with van der Waals surface area (Å²) in [6.07, 6.45) is 2.79. The third-order valence-electron chi connectivity index (χ3n) is 1.30. The molecule has 0 aliphatic heterocycles. The number of hydrogen-bond donors (Lipinski definition) is 1. The largest absolute Gasteiger partial charge is 0.495 e. The minimum atomic E-state index is -0.535. The molecule has 0 unspecified atom stereocenters. The van der Waals surface area contributed by atoms with Gasteiger partial charge in [0.2, 0.25) is 5.91 Å². The molecule has 0 aromatic carbocycles. The highest BCUT2D eigenvalue weighted by Gasteiger charge is 2.06. The highest BCUT2D eigenvalue weighted by atomic mass is 16.5. The Hall–Kier alpha value is -1.58. The lowest BCUT2D eigenvalue weighted by Gasteiger charge is -2.03. The molecule has 1 aromatic heterocycles. The molecule has 12 heavy (non-hydrogen) atoms. The first-order chi connectivity index (χ1) is 5.74. The third-order valence-corrected chi connectivity index (χ3v) is 1.30. The quantitative estimate of drug-likeness (QED) is 0.692. The molecule has 0 spiro atoms. The SMILES string of the molecule is COc1cccnc1[CH]C(N)=O. The zero-order valence-electron chi connectivity index (χ0n) is 6.65. The van der Waals surface area contributed by atoms with Crippen LogP contribution in [0.3, 0.4) is 0 Å². The molecule has 0 saturated carbocycles. The molecule has 0 bridgehead atoms. The summed E-state index contributed by atoms with van der Waals surface area (Å²) >= 11 is 0. The van der Waals surface area contributed by atoms with Crippen molar-refractivity contribution in [1.82, 2.24) is 4.98 Å². The molecule has 0 atom stereocenters. The smallest absolute Gasteiger partial charge is 0.227 e. The van der Waals surface area contributed by atoms with E-state index in [1.807, 2.05) is 0 Å². The number of methoxy groups -OCH3 is 1. The number of rotatable bonds is 3. The van der Waals surface area contributed by atoms with E-state index in [0.29, 0.717) is 11.4 Å². The van der Waals surface area contributed by atoms with Gasteiger partial charge in [-0.05, 0) is 12.1 Å². The number of carbonyl (C=O) groups excluding carboxylic acids is 1. The van der Waals surface area contributed by atoms with Crippen molar-refractivity contribution < 1.29 is 9.53 Å². The zero-order valence-corrected chi connectivity index (χ0v) is 6.65. The van der Waals surface area contributed by atoms with Crippen LogP contribution in [0.4, 0.5) is 0 Å². The van der Waals surface area contributed by atoms with E-state index in [1.54, 1.807) is 18.3 Å². The summed E-state index contributed by atoms with van der Waals surface area (Å²) < 4.78 is 4.94. The number of hydrogen-bond acceptors (Lipinski definition) is 3. The summed E-state index contributed by atoms with van der Waals surface area (Å²) in [5.74, 6) is 0.00306. The van der Waals surface area contributed by atoms with Crippen molar-refractivity contribution in [3.63, 3.8) is 0 Å². The molecule has 1 heterocycles. The van der Waals surface area contributed by atoms with Gasteiger partial charge in [0.05, 0.1) is 12.8 Å². The first-order valence-corrected chi connectivity index (χ1v) is 3.37. The van der Waals surface area contributed by atoms with Gasteiger partial charge in [-0.25, -0.2) is 0 Å². The molecule has 0 fully saturated rings. The maximum absolute atomic E-state index is 10.5. The van der Waals surface area contributed by atoms with Gasteiger partial charge in [-0.15, -0.1) is 0 Å². The van der Waals surface area contributed by atoms with Gasteiger partial charge in [-0.3, -0.25) is 9.78 Å². The second-order valence-corrected chi connectivity index (χ2v) is 2.14. The molecule has 0 aliphatic rings. The van der Waals surface area contributed by atoms with Crippen LogP contribution in [0.1, 0.15) is 5.69 Å². The number of nitrogens with two attached hydrogens (primary N) is 1. The van der Waals surface area contributed by atoms with Crippen LogP contribution in [0.25, 0.3) is 0 Å². The van der Waals surface area contributed by atoms with Crippen LogP contribution in [-0.4, -0.2) is 18.0 Å². The fourth-order valence-corrected chi connectivity index (χ4v) is 0.819. The van der Waals surface area contributed by atoms with Gasteiger partial charge in [0.1, 0.15) is 12.2 Å². The standard InChI is InChI=1S/C8H9N2O2/c1-12-7-3-2-4-10-6(7)5-8(9)11/h2-5H,1H3,(H2,9,11). The van der Waals surface area contributed by atoms with E-state index >= 15 is 0 Å². The van der Waals surface area contributed by atoms with Crippen molar-refractivity contribution >= 4 is 5.91 Å². The summed E-state index contributed by atoms with van der Waals surface area (Å²) in [6.45, 7) is 0. The molecular weight excluding hydrogens is 156 g/mol. The number of primary amides is 1. The summed E-state index contributed by atoms with van der Waals surface area (Å²) in [7, 11) is 1.51. The predicted octanol–water partition coefficient (Wildman–Crippen LogP) is 0.128. The summed E-state index contributed by atoms with van der Waals surface area (Å²) in [5, 5.41) is 0. The number of ether oxygens (including phenoxy) is 1. The van der Waals surface area contributed by atoms with Crippen LogP contribution in [-0.2, 0) is 4.79 Å². The first kappa shape index (κ1) is 8.52. The molecule has 63 valence electrons. The van der Waals surface area contributed by atoms with E-state index in [2.05, 4.69) is 4.98 Å². The van der Waals surface area contributed by atoms with Crippen LogP contribution in [0, 0.1) is 6.42 Å². The van der Waals surface area contributed by atoms with Crippen molar-refractivity contribution in [3.8, 4) is 5.75 Å². The molecule has 1 radical (unpaired) electrons. The maximum atomic E-state index is 10.5. The van der Waals surface area contributed by atoms with Gasteiger partial charge in [0, 0.05) is 6.20 Å². The number of amides is 1. The van der Waals surface area contributed by atoms with Crippen LogP contribution in [0.5, 0.6) is 5.75 Å². The lowest BCUT2D eigenvalue weighted by atomic mass is 10.2. The molecule has 0 saturated heterocycles. The zero-order chi connectivity index (χ0) is 8.97. The van der Waals surface area contributed by atoms with Gasteiger partial charge in [-0.2, -0.15) is 0 Å². The second-order valence-electron chi connectivity index (χ2n) is 2.14. The van der Waals surface area contributed by atoms with Gasteiger partial charge in [0.15, 0.2) is 0 Å². The summed E-state index contributed by atoms with van der Waals surface area (Å²) in [4.78, 5) is 14.4. The lowest BCUT2D eigenvalue weighted by Crippen LogP contribution is -2.12. The fourth-order valence-electron chi connectivity index (χ4n) is 0.819. The maximum Gasteiger partial charge on any atom is 0.227 e. The topological polar surface area (TPSA) is 65.2 Å². The molecule has 1 aromatic rings. The Kier molecular flexibility index (Phi) is 2.63. The van der Waals surface area contributed by atoms with Crippen molar-refractivity contribution in [2.45, 2.75) is 0 Å². The number of carbonyl (C=O) groups is 1. The Balaban J connectivity index is 2.89. The van der Waals surface area contributed by atoms with Crippen LogP contribution in [0.15, 0.2) is 18.3 Å². The number of aromatic nitrogens is 1. The number of pyridine rings is 1. The minimum Gasteiger partial charge on any atom is -0.495 e. The van der Waals surface area contributed by atoms with Gasteiger partial charge < -0.3 is 10.5 Å². The van der Waals surface area contributed by atoms with Crippen molar-refractivity contribution in [2.75, 3.05) is 7.11 Å². The van der Waals surface area contributed by atoms with Gasteiger partial charge in [0.25, 0.3) is 0 Å². The molecule has 4 nitrogen and oxygen atoms in total. The minimum absolute atomic E-state index is 0.451. The van der Waals surface area contributed by atoms with Crippen LogP contribution in [0.2, 0.25) is 0 Å². The summed E-state index contributed by atoms with van der Waals surface area (Å²) in [5.41, 5.74) is 5.41. The van der Waals surface area contributed by atoms with Crippen molar-refractivity contribution in [3.05, 3.63) is 30.4 Å². The second kappa shape index (κ2) is 3.71. The van der Waals surface area contributed by atoms with E-state index < -0.39 is 5.91 Å². The Morgan fingerprint density at radius 2 is 2.50 bits per heavy atom. The van der Waals surface area contributed by atoms with Crippen LogP contribution >= 0.6 is 0 Å². The highest BCUT2D eigenvalue weighted by Crippen LogP contribution is 2.15. The summed E-state index contributed by atoms with van der Waals surface area (Å²) in [6, 6.07) is 3.43. The van der Waals surface area contributed by atoms with E-state index in [-0.39, 0.29) is 0 Å². The monoisotopic (exact) mass is 165 g/mol. The molecule has 1 rings (SSSR count). The average Bonchev–Trinajstić information content (AvgIpc) is 2.04. The first-order valence-electron chi connectivity index (χ1n) is 3.37. The predicted molar refractivity (Wildman–Crippen MR) is 43.4 cm³/mol. The van der Waals surface area contributed by atoms with Gasteiger partial charge >= 0.3 is 0 Å². The molecule has 0 aliphatic carbocycles. The van der Waals surface area contributed by atoms with Gasteiger partial charge in [-0.1, -0.05) is 0 Å². The lowest BCUT2D eigenvalue weighted by molar-refractivity contribution is -0.114. The Bertz CT molecular complexity index is 286. The molecule has 2 N–H and O–H groups in total. The third kappa shape index (κ3) is 1.95. The Morgan fingerprint density at radius 1 is 1.75 bits per heavy atom. The van der Waals surface area contributed by atoms with E-state index in [0.717, 1.165) is 0 Å². The van der Waals surface area contributed by atoms with Crippen LogP contribution < -0.4 is 10.5 Å². The Labute approximate surface area is 70.4 Å². The van der Waals surface area contributed by atoms with E-state index in [9.17, 15) is 4.79 Å². The highest BCUT2D eigenvalue weighted by molar-refractivity contribution is 5.86. The van der Waals surface area contributed by atoms with Crippen molar-refractivity contribution in [1.29, 1.82) is 0 Å². The van der Waals surface area contributed by atoms with Crippen molar-refractivity contribution in [2.24, 2.45) is 5.73 Å². The van der Waals surface area contributed by atoms with E-state index in [4.69, 9.17) is 10.5 Å². The average molecular weight is 165 g/mol. The molecule has 1 amide bonds. The molecular formula is C8H9N2O2.